The highest BCUT2D eigenvalue weighted by atomic mass is 35.5. The molecule has 180 valence electrons. The highest BCUT2D eigenvalue weighted by molar-refractivity contribution is 6.30. The topological polar surface area (TPSA) is 50.5 Å². The van der Waals surface area contributed by atoms with Crippen molar-refractivity contribution < 1.29 is 9.84 Å². The summed E-state index contributed by atoms with van der Waals surface area (Å²) in [4.78, 5) is 2.38. The first-order valence-electron chi connectivity index (χ1n) is 12.1. The number of hydrogen-bond acceptors (Lipinski definition) is 4. The Morgan fingerprint density at radius 1 is 1.00 bits per heavy atom. The molecule has 1 aliphatic rings. The maximum atomic E-state index is 10.9. The number of rotatable bonds is 10. The van der Waals surface area contributed by atoms with Crippen molar-refractivity contribution in [2.24, 2.45) is 7.05 Å². The molecule has 0 saturated heterocycles. The predicted molar refractivity (Wildman–Crippen MR) is 140 cm³/mol. The summed E-state index contributed by atoms with van der Waals surface area (Å²) in [5, 5.41) is 16.5. The van der Waals surface area contributed by atoms with Crippen LogP contribution in [0.15, 0.2) is 84.9 Å². The molecule has 1 aromatic heterocycles. The molecule has 5 rings (SSSR count). The van der Waals surface area contributed by atoms with Gasteiger partial charge < -0.3 is 9.84 Å². The van der Waals surface area contributed by atoms with Gasteiger partial charge in [-0.1, -0.05) is 72.3 Å². The van der Waals surface area contributed by atoms with E-state index in [0.717, 1.165) is 35.2 Å². The highest BCUT2D eigenvalue weighted by Gasteiger charge is 2.33. The summed E-state index contributed by atoms with van der Waals surface area (Å²) in [6.07, 6.45) is 2.48. The molecule has 1 aliphatic carbocycles. The van der Waals surface area contributed by atoms with E-state index in [1.54, 1.807) is 4.68 Å². The molecular weight excluding hydrogens is 458 g/mol. The summed E-state index contributed by atoms with van der Waals surface area (Å²) in [7, 11) is 1.91. The Bertz CT molecular complexity index is 1240. The van der Waals surface area contributed by atoms with Crippen molar-refractivity contribution in [1.29, 1.82) is 0 Å². The SMILES string of the molecule is Cn1nc(-c2ccccc2)c(CN(C[C@H](O)Cc2ccccc2)C2CC2)c1Oc1ccc(Cl)cc1. The van der Waals surface area contributed by atoms with E-state index in [1.807, 2.05) is 67.7 Å². The lowest BCUT2D eigenvalue weighted by Crippen LogP contribution is -2.35. The fourth-order valence-corrected chi connectivity index (χ4v) is 4.60. The molecular formula is C29H30ClN3O2. The van der Waals surface area contributed by atoms with Gasteiger partial charge in [0.15, 0.2) is 0 Å². The molecule has 35 heavy (non-hydrogen) atoms. The molecule has 1 atom stereocenters. The van der Waals surface area contributed by atoms with Gasteiger partial charge in [-0.2, -0.15) is 5.10 Å². The first kappa shape index (κ1) is 23.6. The Hall–Kier alpha value is -3.12. The number of benzene rings is 3. The van der Waals surface area contributed by atoms with Crippen LogP contribution in [0.25, 0.3) is 11.3 Å². The zero-order valence-electron chi connectivity index (χ0n) is 19.8. The van der Waals surface area contributed by atoms with Gasteiger partial charge in [0.25, 0.3) is 0 Å². The van der Waals surface area contributed by atoms with E-state index in [9.17, 15) is 5.11 Å². The Labute approximate surface area is 211 Å². The first-order chi connectivity index (χ1) is 17.1. The molecule has 1 heterocycles. The molecule has 0 radical (unpaired) electrons. The van der Waals surface area contributed by atoms with Gasteiger partial charge in [0.1, 0.15) is 11.4 Å². The molecule has 1 fully saturated rings. The fraction of sp³-hybridized carbons (Fsp3) is 0.276. The van der Waals surface area contributed by atoms with Crippen molar-refractivity contribution in [3.05, 3.63) is 101 Å². The molecule has 0 amide bonds. The van der Waals surface area contributed by atoms with Crippen LogP contribution in [0.2, 0.25) is 5.02 Å². The Morgan fingerprint density at radius 2 is 1.66 bits per heavy atom. The average Bonchev–Trinajstić information content (AvgIpc) is 3.67. The van der Waals surface area contributed by atoms with E-state index in [2.05, 4.69) is 29.2 Å². The van der Waals surface area contributed by atoms with Crippen LogP contribution in [0.5, 0.6) is 11.6 Å². The molecule has 0 bridgehead atoms. The van der Waals surface area contributed by atoms with Crippen molar-refractivity contribution in [2.75, 3.05) is 6.54 Å². The van der Waals surface area contributed by atoms with Crippen LogP contribution in [0.1, 0.15) is 24.0 Å². The van der Waals surface area contributed by atoms with Crippen molar-refractivity contribution in [3.63, 3.8) is 0 Å². The van der Waals surface area contributed by atoms with E-state index in [-0.39, 0.29) is 0 Å². The molecule has 0 unspecified atom stereocenters. The number of aromatic nitrogens is 2. The largest absolute Gasteiger partial charge is 0.439 e. The lowest BCUT2D eigenvalue weighted by molar-refractivity contribution is 0.104. The van der Waals surface area contributed by atoms with Gasteiger partial charge in [-0.25, -0.2) is 4.68 Å². The number of aliphatic hydroxyl groups excluding tert-OH is 1. The van der Waals surface area contributed by atoms with E-state index in [4.69, 9.17) is 21.4 Å². The van der Waals surface area contributed by atoms with E-state index in [0.29, 0.717) is 42.2 Å². The summed E-state index contributed by atoms with van der Waals surface area (Å²) in [6, 6.07) is 28.2. The normalized spacial score (nSPS) is 14.3. The van der Waals surface area contributed by atoms with Crippen LogP contribution in [0.4, 0.5) is 0 Å². The molecule has 5 nitrogen and oxygen atoms in total. The third-order valence-corrected chi connectivity index (χ3v) is 6.60. The van der Waals surface area contributed by atoms with Crippen LogP contribution in [-0.4, -0.2) is 38.5 Å². The maximum Gasteiger partial charge on any atom is 0.222 e. The zero-order valence-corrected chi connectivity index (χ0v) is 20.6. The first-order valence-corrected chi connectivity index (χ1v) is 12.5. The van der Waals surface area contributed by atoms with E-state index < -0.39 is 6.10 Å². The van der Waals surface area contributed by atoms with Crippen LogP contribution < -0.4 is 4.74 Å². The monoisotopic (exact) mass is 487 g/mol. The number of aryl methyl sites for hydroxylation is 1. The van der Waals surface area contributed by atoms with Crippen LogP contribution in [0, 0.1) is 0 Å². The van der Waals surface area contributed by atoms with Crippen molar-refractivity contribution in [1.82, 2.24) is 14.7 Å². The lowest BCUT2D eigenvalue weighted by atomic mass is 10.1. The molecule has 6 heteroatoms. The van der Waals surface area contributed by atoms with Crippen molar-refractivity contribution in [2.45, 2.75) is 38.0 Å². The van der Waals surface area contributed by atoms with Gasteiger partial charge in [-0.15, -0.1) is 0 Å². The predicted octanol–water partition coefficient (Wildman–Crippen LogP) is 6.10. The second-order valence-electron chi connectivity index (χ2n) is 9.18. The van der Waals surface area contributed by atoms with Gasteiger partial charge in [-0.05, 0) is 49.1 Å². The average molecular weight is 488 g/mol. The van der Waals surface area contributed by atoms with Crippen molar-refractivity contribution >= 4 is 11.6 Å². The number of halogens is 1. The Morgan fingerprint density at radius 3 is 2.31 bits per heavy atom. The van der Waals surface area contributed by atoms with Crippen LogP contribution >= 0.6 is 11.6 Å². The van der Waals surface area contributed by atoms with E-state index >= 15 is 0 Å². The molecule has 1 saturated carbocycles. The number of nitrogens with zero attached hydrogens (tertiary/aromatic N) is 3. The smallest absolute Gasteiger partial charge is 0.222 e. The third kappa shape index (κ3) is 5.93. The minimum absolute atomic E-state index is 0.449. The molecule has 0 aliphatic heterocycles. The second-order valence-corrected chi connectivity index (χ2v) is 9.62. The highest BCUT2D eigenvalue weighted by Crippen LogP contribution is 2.37. The summed E-state index contributed by atoms with van der Waals surface area (Å²) in [5.74, 6) is 1.41. The standard InChI is InChI=1S/C29H30ClN3O2/c1-32-29(35-26-16-12-23(30)13-17-26)27(28(31-32)22-10-6-3-7-11-22)20-33(24-14-15-24)19-25(34)18-21-8-4-2-5-9-21/h2-13,16-17,24-25,34H,14-15,18-20H2,1H3/t25-/m1/s1. The van der Waals surface area contributed by atoms with Gasteiger partial charge in [0.2, 0.25) is 5.88 Å². The minimum atomic E-state index is -0.449. The summed E-state index contributed by atoms with van der Waals surface area (Å²) in [5.41, 5.74) is 4.12. The summed E-state index contributed by atoms with van der Waals surface area (Å²) < 4.78 is 8.16. The zero-order chi connectivity index (χ0) is 24.2. The van der Waals surface area contributed by atoms with E-state index in [1.165, 1.54) is 0 Å². The lowest BCUT2D eigenvalue weighted by Gasteiger charge is -2.25. The molecule has 1 N–H and O–H groups in total. The third-order valence-electron chi connectivity index (χ3n) is 6.35. The Balaban J connectivity index is 1.44. The number of aliphatic hydroxyl groups is 1. The van der Waals surface area contributed by atoms with Gasteiger partial charge >= 0.3 is 0 Å². The molecule has 3 aromatic carbocycles. The maximum absolute atomic E-state index is 10.9. The quantitative estimate of drug-likeness (QED) is 0.293. The number of ether oxygens (including phenoxy) is 1. The second kappa shape index (κ2) is 10.6. The molecule has 0 spiro atoms. The van der Waals surface area contributed by atoms with Gasteiger partial charge in [0, 0.05) is 36.8 Å². The van der Waals surface area contributed by atoms with Crippen molar-refractivity contribution in [3.8, 4) is 22.9 Å². The summed E-state index contributed by atoms with van der Waals surface area (Å²) >= 11 is 6.07. The minimum Gasteiger partial charge on any atom is -0.439 e. The molecule has 4 aromatic rings. The van der Waals surface area contributed by atoms with Crippen LogP contribution in [0.3, 0.4) is 0 Å². The van der Waals surface area contributed by atoms with Crippen LogP contribution in [-0.2, 0) is 20.0 Å². The Kier molecular flexibility index (Phi) is 7.19. The fourth-order valence-electron chi connectivity index (χ4n) is 4.47. The summed E-state index contributed by atoms with van der Waals surface area (Å²) in [6.45, 7) is 1.25. The van der Waals surface area contributed by atoms with Gasteiger partial charge in [-0.3, -0.25) is 4.90 Å². The number of hydrogen-bond donors (Lipinski definition) is 1. The van der Waals surface area contributed by atoms with Gasteiger partial charge in [0.05, 0.1) is 11.7 Å².